The first-order chi connectivity index (χ1) is 14.0. The lowest BCUT2D eigenvalue weighted by Crippen LogP contribution is -2.76. The molecule has 0 spiro atoms. The molecule has 2 bridgehead atoms. The highest BCUT2D eigenvalue weighted by Crippen LogP contribution is 2.61. The number of piperidine rings is 1. The standard InChI is InChI=1S/C24H33NO4/c1-16-11-18(26)14-23-8-9-25(15-20-5-4-10-29-20)22(24(16,23)28-3)12-17-6-7-19(27-2)13-21(17)23/h6-7,13,16,20,22H,4-5,8-12,14-15H2,1-3H3/t16-,20?,22+,23+,24+/m0/s1. The molecular weight excluding hydrogens is 366 g/mol. The number of likely N-dealkylation sites (tertiary alicyclic amines) is 1. The smallest absolute Gasteiger partial charge is 0.134 e. The van der Waals surface area contributed by atoms with E-state index in [1.165, 1.54) is 11.1 Å². The molecule has 29 heavy (non-hydrogen) atoms. The van der Waals surface area contributed by atoms with Crippen LogP contribution < -0.4 is 4.74 Å². The molecule has 5 heteroatoms. The van der Waals surface area contributed by atoms with Crippen molar-refractivity contribution in [1.82, 2.24) is 4.90 Å². The Morgan fingerprint density at radius 1 is 1.28 bits per heavy atom. The Hall–Kier alpha value is -1.43. The summed E-state index contributed by atoms with van der Waals surface area (Å²) in [5.41, 5.74) is 2.02. The first kappa shape index (κ1) is 19.5. The Kier molecular flexibility index (Phi) is 4.76. The summed E-state index contributed by atoms with van der Waals surface area (Å²) in [6, 6.07) is 6.72. The fraction of sp³-hybridized carbons (Fsp3) is 0.708. The Balaban J connectivity index is 1.64. The maximum absolute atomic E-state index is 12.9. The number of ether oxygens (including phenoxy) is 3. The Bertz CT molecular complexity index is 804. The monoisotopic (exact) mass is 399 g/mol. The number of hydrogen-bond acceptors (Lipinski definition) is 5. The average molecular weight is 400 g/mol. The SMILES string of the molecule is COc1ccc2c(c1)[C@]13CCN(CC4CCCO4)[C@H](C2)[C@]1(OC)[C@@H](C)CC(=O)C3. The zero-order valence-electron chi connectivity index (χ0n) is 17.9. The van der Waals surface area contributed by atoms with Gasteiger partial charge >= 0.3 is 0 Å². The van der Waals surface area contributed by atoms with Crippen molar-refractivity contribution >= 4 is 5.78 Å². The van der Waals surface area contributed by atoms with Gasteiger partial charge in [-0.25, -0.2) is 0 Å². The van der Waals surface area contributed by atoms with Gasteiger partial charge in [-0.1, -0.05) is 13.0 Å². The van der Waals surface area contributed by atoms with Crippen LogP contribution >= 0.6 is 0 Å². The quantitative estimate of drug-likeness (QED) is 0.779. The molecule has 0 aromatic heterocycles. The molecule has 0 N–H and O–H groups in total. The predicted octanol–water partition coefficient (Wildman–Crippen LogP) is 3.13. The second-order valence-corrected chi connectivity index (χ2v) is 9.52. The van der Waals surface area contributed by atoms with E-state index in [2.05, 4.69) is 30.0 Å². The van der Waals surface area contributed by atoms with E-state index in [1.807, 2.05) is 7.11 Å². The second kappa shape index (κ2) is 7.07. The Labute approximate surface area is 173 Å². The lowest BCUT2D eigenvalue weighted by Gasteiger charge is -2.67. The predicted molar refractivity (Wildman–Crippen MR) is 110 cm³/mol. The molecule has 5 atom stereocenters. The number of ketones is 1. The number of Topliss-reactive ketones (excluding diaryl/α,β-unsaturated/α-hetero) is 1. The van der Waals surface area contributed by atoms with Gasteiger partial charge in [0.1, 0.15) is 11.5 Å². The molecule has 2 saturated heterocycles. The zero-order chi connectivity index (χ0) is 20.2. The topological polar surface area (TPSA) is 48.0 Å². The summed E-state index contributed by atoms with van der Waals surface area (Å²) >= 11 is 0. The molecule has 158 valence electrons. The molecule has 0 amide bonds. The van der Waals surface area contributed by atoms with E-state index in [4.69, 9.17) is 14.2 Å². The number of methoxy groups -OCH3 is 2. The van der Waals surface area contributed by atoms with Crippen LogP contribution in [0.4, 0.5) is 0 Å². The zero-order valence-corrected chi connectivity index (χ0v) is 17.9. The van der Waals surface area contributed by atoms with Gasteiger partial charge in [-0.05, 0) is 61.4 Å². The number of benzene rings is 1. The van der Waals surface area contributed by atoms with E-state index in [1.54, 1.807) is 7.11 Å². The minimum atomic E-state index is -0.350. The first-order valence-corrected chi connectivity index (χ1v) is 11.1. The van der Waals surface area contributed by atoms with E-state index in [0.29, 0.717) is 24.7 Å². The highest BCUT2D eigenvalue weighted by atomic mass is 16.5. The highest BCUT2D eigenvalue weighted by Gasteiger charge is 2.68. The molecule has 4 aliphatic rings. The van der Waals surface area contributed by atoms with Gasteiger partial charge in [-0.3, -0.25) is 9.69 Å². The van der Waals surface area contributed by atoms with Gasteiger partial charge in [0.25, 0.3) is 0 Å². The number of fused-ring (bicyclic) bond motifs is 1. The third-order valence-corrected chi connectivity index (χ3v) is 8.32. The summed E-state index contributed by atoms with van der Waals surface area (Å²) in [5.74, 6) is 1.42. The van der Waals surface area contributed by atoms with Crippen LogP contribution in [0.3, 0.4) is 0 Å². The van der Waals surface area contributed by atoms with Gasteiger partial charge in [-0.15, -0.1) is 0 Å². The summed E-state index contributed by atoms with van der Waals surface area (Å²) in [6.45, 7) is 5.07. The van der Waals surface area contributed by atoms with Gasteiger partial charge in [0.2, 0.25) is 0 Å². The Morgan fingerprint density at radius 2 is 2.14 bits per heavy atom. The molecule has 1 saturated carbocycles. The summed E-state index contributed by atoms with van der Waals surface area (Å²) in [6.07, 6.45) is 5.73. The molecule has 0 radical (unpaired) electrons. The molecule has 5 nitrogen and oxygen atoms in total. The molecule has 1 aromatic rings. The Morgan fingerprint density at radius 3 is 2.86 bits per heavy atom. The van der Waals surface area contributed by atoms with Gasteiger partial charge in [0, 0.05) is 44.6 Å². The minimum Gasteiger partial charge on any atom is -0.497 e. The molecule has 1 unspecified atom stereocenters. The molecule has 2 aliphatic carbocycles. The number of carbonyl (C=O) groups excluding carboxylic acids is 1. The van der Waals surface area contributed by atoms with Crippen molar-refractivity contribution < 1.29 is 19.0 Å². The first-order valence-electron chi connectivity index (χ1n) is 11.1. The average Bonchev–Trinajstić information content (AvgIpc) is 3.22. The van der Waals surface area contributed by atoms with Gasteiger partial charge < -0.3 is 14.2 Å². The molecule has 5 rings (SSSR count). The van der Waals surface area contributed by atoms with Crippen LogP contribution in [-0.4, -0.2) is 62.3 Å². The summed E-state index contributed by atoms with van der Waals surface area (Å²) in [7, 11) is 3.59. The van der Waals surface area contributed by atoms with Crippen LogP contribution in [0.25, 0.3) is 0 Å². The van der Waals surface area contributed by atoms with Crippen molar-refractivity contribution in [3.8, 4) is 5.75 Å². The van der Waals surface area contributed by atoms with Crippen LogP contribution in [0.2, 0.25) is 0 Å². The fourth-order valence-electron chi connectivity index (χ4n) is 7.24. The van der Waals surface area contributed by atoms with Gasteiger partial charge in [-0.2, -0.15) is 0 Å². The fourth-order valence-corrected chi connectivity index (χ4v) is 7.24. The molecule has 2 aliphatic heterocycles. The lowest BCUT2D eigenvalue weighted by molar-refractivity contribution is -0.212. The van der Waals surface area contributed by atoms with Gasteiger partial charge in [0.05, 0.1) is 18.8 Å². The second-order valence-electron chi connectivity index (χ2n) is 9.52. The van der Waals surface area contributed by atoms with Crippen molar-refractivity contribution in [2.75, 3.05) is 33.9 Å². The van der Waals surface area contributed by atoms with Crippen LogP contribution in [0.15, 0.2) is 18.2 Å². The minimum absolute atomic E-state index is 0.186. The summed E-state index contributed by atoms with van der Waals surface area (Å²) in [4.78, 5) is 15.5. The number of nitrogens with zero attached hydrogens (tertiary/aromatic N) is 1. The van der Waals surface area contributed by atoms with Gasteiger partial charge in [0.15, 0.2) is 0 Å². The van der Waals surface area contributed by atoms with Crippen molar-refractivity contribution in [3.05, 3.63) is 29.3 Å². The van der Waals surface area contributed by atoms with Crippen molar-refractivity contribution in [1.29, 1.82) is 0 Å². The van der Waals surface area contributed by atoms with Crippen LogP contribution in [0, 0.1) is 5.92 Å². The summed E-state index contributed by atoms with van der Waals surface area (Å²) in [5, 5.41) is 0. The van der Waals surface area contributed by atoms with E-state index in [-0.39, 0.29) is 23.0 Å². The van der Waals surface area contributed by atoms with Crippen LogP contribution in [-0.2, 0) is 26.1 Å². The molecule has 3 fully saturated rings. The lowest BCUT2D eigenvalue weighted by atomic mass is 9.46. The van der Waals surface area contributed by atoms with Crippen molar-refractivity contribution in [3.63, 3.8) is 0 Å². The normalized spacial score (nSPS) is 39.1. The largest absolute Gasteiger partial charge is 0.497 e. The van der Waals surface area contributed by atoms with E-state index >= 15 is 0 Å². The maximum atomic E-state index is 12.9. The molecule has 1 aromatic carbocycles. The molecular formula is C24H33NO4. The van der Waals surface area contributed by atoms with E-state index in [0.717, 1.165) is 51.1 Å². The maximum Gasteiger partial charge on any atom is 0.134 e. The number of carbonyl (C=O) groups is 1. The van der Waals surface area contributed by atoms with E-state index in [9.17, 15) is 4.79 Å². The number of hydrogen-bond donors (Lipinski definition) is 0. The van der Waals surface area contributed by atoms with Crippen LogP contribution in [0.1, 0.15) is 50.2 Å². The highest BCUT2D eigenvalue weighted by molar-refractivity contribution is 5.83. The number of rotatable bonds is 4. The van der Waals surface area contributed by atoms with E-state index < -0.39 is 0 Å². The van der Waals surface area contributed by atoms with Crippen molar-refractivity contribution in [2.24, 2.45) is 5.92 Å². The van der Waals surface area contributed by atoms with Crippen LogP contribution in [0.5, 0.6) is 5.75 Å². The third kappa shape index (κ3) is 2.67. The van der Waals surface area contributed by atoms with Crippen molar-refractivity contribution in [2.45, 2.75) is 68.6 Å². The molecule has 2 heterocycles. The third-order valence-electron chi connectivity index (χ3n) is 8.32. The summed E-state index contributed by atoms with van der Waals surface area (Å²) < 4.78 is 18.1.